The summed E-state index contributed by atoms with van der Waals surface area (Å²) in [5, 5.41) is 29.5. The maximum atomic E-state index is 9.46. The van der Waals surface area contributed by atoms with E-state index in [4.69, 9.17) is 4.98 Å². The lowest BCUT2D eigenvalue weighted by Gasteiger charge is -2.14. The van der Waals surface area contributed by atoms with Crippen LogP contribution in [0.5, 0.6) is 0 Å². The number of hydrogen-bond donors (Lipinski definition) is 4. The van der Waals surface area contributed by atoms with E-state index < -0.39 is 0 Å². The Morgan fingerprint density at radius 2 is 1.97 bits per heavy atom. The third kappa shape index (κ3) is 3.55. The number of hydrogen-bond acceptors (Lipinski definition) is 6. The molecule has 0 atom stereocenters. The molecule has 164 valence electrons. The number of fused-ring (bicyclic) bond motifs is 1. The summed E-state index contributed by atoms with van der Waals surface area (Å²) in [6, 6.07) is 12.5. The van der Waals surface area contributed by atoms with Crippen LogP contribution in [0.2, 0.25) is 0 Å². The summed E-state index contributed by atoms with van der Waals surface area (Å²) in [7, 11) is 1.91. The molecule has 6 rings (SSSR count). The van der Waals surface area contributed by atoms with E-state index in [1.165, 1.54) is 29.4 Å². The summed E-state index contributed by atoms with van der Waals surface area (Å²) in [4.78, 5) is 4.77. The first-order valence-corrected chi connectivity index (χ1v) is 11.2. The third-order valence-corrected chi connectivity index (χ3v) is 6.70. The molecule has 4 N–H and O–H groups in total. The highest BCUT2D eigenvalue weighted by atomic mass is 16.3. The van der Waals surface area contributed by atoms with Crippen LogP contribution in [0, 0.1) is 0 Å². The standard InChI is InChI=1S/C24H27N7O/c1-31-23(27-20-9-8-19-18(13-26-29-19)21(20)16-6-7-16)28-22(30-31)17-4-2-15(3-5-17)12-25-24(14-32)10-11-24/h2-5,8-9,13,16,25,32H,6-7,10-12,14H2,1H3,(H,26,29)(H,27,28,30). The van der Waals surface area contributed by atoms with Crippen LogP contribution in [0.4, 0.5) is 11.6 Å². The Bertz CT molecular complexity index is 1270. The maximum absolute atomic E-state index is 9.46. The topological polar surface area (TPSA) is 104 Å². The molecule has 2 aromatic carbocycles. The highest BCUT2D eigenvalue weighted by Crippen LogP contribution is 2.47. The van der Waals surface area contributed by atoms with Gasteiger partial charge >= 0.3 is 0 Å². The third-order valence-electron chi connectivity index (χ3n) is 6.70. The van der Waals surface area contributed by atoms with Gasteiger partial charge in [-0.1, -0.05) is 24.3 Å². The molecule has 0 radical (unpaired) electrons. The van der Waals surface area contributed by atoms with Gasteiger partial charge in [-0.25, -0.2) is 4.68 Å². The summed E-state index contributed by atoms with van der Waals surface area (Å²) < 4.78 is 1.79. The van der Waals surface area contributed by atoms with E-state index in [0.717, 1.165) is 36.2 Å². The van der Waals surface area contributed by atoms with Crippen LogP contribution >= 0.6 is 0 Å². The van der Waals surface area contributed by atoms with Crippen molar-refractivity contribution in [2.75, 3.05) is 11.9 Å². The monoisotopic (exact) mass is 429 g/mol. The van der Waals surface area contributed by atoms with Gasteiger partial charge in [0.05, 0.1) is 18.3 Å². The minimum Gasteiger partial charge on any atom is -0.394 e. The fourth-order valence-electron chi connectivity index (χ4n) is 4.30. The van der Waals surface area contributed by atoms with Crippen LogP contribution in [0.25, 0.3) is 22.3 Å². The first-order valence-electron chi connectivity index (χ1n) is 11.2. The van der Waals surface area contributed by atoms with E-state index in [1.807, 2.05) is 13.2 Å². The lowest BCUT2D eigenvalue weighted by Crippen LogP contribution is -2.34. The summed E-state index contributed by atoms with van der Waals surface area (Å²) in [5.41, 5.74) is 5.56. The molecular formula is C24H27N7O. The average Bonchev–Trinajstić information content (AvgIpc) is 3.72. The predicted octanol–water partition coefficient (Wildman–Crippen LogP) is 3.59. The summed E-state index contributed by atoms with van der Waals surface area (Å²) in [6.07, 6.45) is 6.43. The van der Waals surface area contributed by atoms with Crippen LogP contribution in [0.3, 0.4) is 0 Å². The predicted molar refractivity (Wildman–Crippen MR) is 124 cm³/mol. The molecule has 0 bridgehead atoms. The molecule has 32 heavy (non-hydrogen) atoms. The van der Waals surface area contributed by atoms with Gasteiger partial charge in [-0.15, -0.1) is 5.10 Å². The van der Waals surface area contributed by atoms with E-state index in [1.54, 1.807) is 4.68 Å². The van der Waals surface area contributed by atoms with Gasteiger partial charge in [0.2, 0.25) is 5.95 Å². The molecular weight excluding hydrogens is 402 g/mol. The van der Waals surface area contributed by atoms with Crippen LogP contribution in [-0.2, 0) is 13.6 Å². The first-order chi connectivity index (χ1) is 15.6. The Hall–Kier alpha value is -3.23. The molecule has 2 saturated carbocycles. The molecule has 8 heteroatoms. The highest BCUT2D eigenvalue weighted by molar-refractivity contribution is 5.89. The van der Waals surface area contributed by atoms with Crippen molar-refractivity contribution in [3.8, 4) is 11.4 Å². The Labute approximate surface area is 186 Å². The van der Waals surface area contributed by atoms with E-state index in [9.17, 15) is 5.11 Å². The second kappa shape index (κ2) is 7.43. The van der Waals surface area contributed by atoms with Crippen molar-refractivity contribution in [1.29, 1.82) is 0 Å². The highest BCUT2D eigenvalue weighted by Gasteiger charge is 2.41. The first kappa shape index (κ1) is 19.5. The lowest BCUT2D eigenvalue weighted by atomic mass is 10.0. The number of rotatable bonds is 8. The van der Waals surface area contributed by atoms with Gasteiger partial charge in [0.25, 0.3) is 0 Å². The number of aromatic nitrogens is 5. The number of aliphatic hydroxyl groups is 1. The van der Waals surface area contributed by atoms with Crippen molar-refractivity contribution in [3.05, 3.63) is 53.7 Å². The normalized spacial score (nSPS) is 17.1. The summed E-state index contributed by atoms with van der Waals surface area (Å²) >= 11 is 0. The second-order valence-corrected chi connectivity index (χ2v) is 9.13. The van der Waals surface area contributed by atoms with E-state index in [-0.39, 0.29) is 12.1 Å². The van der Waals surface area contributed by atoms with Crippen molar-refractivity contribution in [2.24, 2.45) is 7.05 Å². The van der Waals surface area contributed by atoms with Crippen molar-refractivity contribution in [3.63, 3.8) is 0 Å². The van der Waals surface area contributed by atoms with Crippen LogP contribution in [-0.4, -0.2) is 42.2 Å². The fraction of sp³-hybridized carbons (Fsp3) is 0.375. The molecule has 0 aliphatic heterocycles. The molecule has 0 saturated heterocycles. The zero-order chi connectivity index (χ0) is 21.7. The Kier molecular flexibility index (Phi) is 4.51. The molecule has 0 spiro atoms. The van der Waals surface area contributed by atoms with Gasteiger partial charge < -0.3 is 15.7 Å². The molecule has 0 unspecified atom stereocenters. The van der Waals surface area contributed by atoms with Gasteiger partial charge in [-0.3, -0.25) is 5.10 Å². The number of nitrogens with zero attached hydrogens (tertiary/aromatic N) is 4. The van der Waals surface area contributed by atoms with Crippen LogP contribution in [0.15, 0.2) is 42.6 Å². The van der Waals surface area contributed by atoms with Gasteiger partial charge in [-0.2, -0.15) is 10.1 Å². The maximum Gasteiger partial charge on any atom is 0.225 e. The van der Waals surface area contributed by atoms with Gasteiger partial charge in [-0.05, 0) is 54.9 Å². The zero-order valence-electron chi connectivity index (χ0n) is 18.1. The number of anilines is 2. The average molecular weight is 430 g/mol. The van der Waals surface area contributed by atoms with Gasteiger partial charge in [0.1, 0.15) is 0 Å². The molecule has 8 nitrogen and oxygen atoms in total. The SMILES string of the molecule is Cn1nc(-c2ccc(CNC3(CO)CC3)cc2)nc1Nc1ccc2[nH]ncc2c1C1CC1. The van der Waals surface area contributed by atoms with E-state index in [0.29, 0.717) is 17.7 Å². The Morgan fingerprint density at radius 1 is 1.16 bits per heavy atom. The molecule has 2 aromatic heterocycles. The number of H-pyrrole nitrogens is 1. The largest absolute Gasteiger partial charge is 0.394 e. The summed E-state index contributed by atoms with van der Waals surface area (Å²) in [6.45, 7) is 0.957. The number of aryl methyl sites for hydroxylation is 1. The Morgan fingerprint density at radius 3 is 2.69 bits per heavy atom. The number of benzene rings is 2. The molecule has 2 aliphatic carbocycles. The lowest BCUT2D eigenvalue weighted by molar-refractivity contribution is 0.229. The van der Waals surface area contributed by atoms with Crippen molar-refractivity contribution < 1.29 is 5.11 Å². The fourth-order valence-corrected chi connectivity index (χ4v) is 4.30. The van der Waals surface area contributed by atoms with Crippen molar-refractivity contribution in [2.45, 2.75) is 43.7 Å². The summed E-state index contributed by atoms with van der Waals surface area (Å²) in [5.74, 6) is 1.99. The van der Waals surface area contributed by atoms with Gasteiger partial charge in [0, 0.05) is 35.8 Å². The Balaban J connectivity index is 1.22. The zero-order valence-corrected chi connectivity index (χ0v) is 18.1. The van der Waals surface area contributed by atoms with Crippen molar-refractivity contribution >= 4 is 22.5 Å². The molecule has 2 heterocycles. The molecule has 2 fully saturated rings. The van der Waals surface area contributed by atoms with E-state index in [2.05, 4.69) is 62.3 Å². The number of nitrogens with one attached hydrogen (secondary N) is 3. The van der Waals surface area contributed by atoms with Crippen LogP contribution in [0.1, 0.15) is 42.7 Å². The quantitative estimate of drug-likeness (QED) is 0.341. The number of aromatic amines is 1. The minimum atomic E-state index is -0.0550. The van der Waals surface area contributed by atoms with Crippen molar-refractivity contribution in [1.82, 2.24) is 30.3 Å². The van der Waals surface area contributed by atoms with Crippen LogP contribution < -0.4 is 10.6 Å². The molecule has 2 aliphatic rings. The van der Waals surface area contributed by atoms with E-state index >= 15 is 0 Å². The smallest absolute Gasteiger partial charge is 0.225 e. The number of aliphatic hydroxyl groups excluding tert-OH is 1. The minimum absolute atomic E-state index is 0.0550. The molecule has 4 aromatic rings. The van der Waals surface area contributed by atoms with Gasteiger partial charge in [0.15, 0.2) is 5.82 Å². The molecule has 0 amide bonds. The second-order valence-electron chi connectivity index (χ2n) is 9.13.